The van der Waals surface area contributed by atoms with Crippen LogP contribution >= 0.6 is 0 Å². The maximum Gasteiger partial charge on any atom is 0.248 e. The standard InChI is InChI=1S/C23H21N3O/c1-16-4-6-17(7-5-16)18-8-10-19(11-9-18)22-24-25-23(27-22)20-12-14-21(15-13-20)26(2)3/h4-15H,1-3H3. The van der Waals surface area contributed by atoms with Gasteiger partial charge in [0.05, 0.1) is 0 Å². The number of aryl methyl sites for hydroxylation is 1. The molecule has 0 N–H and O–H groups in total. The van der Waals surface area contributed by atoms with Crippen molar-refractivity contribution in [1.82, 2.24) is 10.2 Å². The summed E-state index contributed by atoms with van der Waals surface area (Å²) in [6.07, 6.45) is 0. The van der Waals surface area contributed by atoms with Gasteiger partial charge in [0.2, 0.25) is 11.8 Å². The van der Waals surface area contributed by atoms with Crippen LogP contribution in [0.4, 0.5) is 5.69 Å². The minimum absolute atomic E-state index is 0.525. The zero-order chi connectivity index (χ0) is 18.8. The first-order valence-corrected chi connectivity index (χ1v) is 8.89. The van der Waals surface area contributed by atoms with Crippen LogP contribution in [0.3, 0.4) is 0 Å². The Bertz CT molecular complexity index is 1030. The summed E-state index contributed by atoms with van der Waals surface area (Å²) in [5.74, 6) is 1.05. The molecule has 4 nitrogen and oxygen atoms in total. The van der Waals surface area contributed by atoms with E-state index < -0.39 is 0 Å². The number of aromatic nitrogens is 2. The van der Waals surface area contributed by atoms with Gasteiger partial charge in [-0.15, -0.1) is 10.2 Å². The first-order chi connectivity index (χ1) is 13.1. The first kappa shape index (κ1) is 17.0. The van der Waals surface area contributed by atoms with Crippen LogP contribution in [-0.2, 0) is 0 Å². The molecule has 0 aliphatic rings. The quantitative estimate of drug-likeness (QED) is 0.488. The van der Waals surface area contributed by atoms with Gasteiger partial charge in [-0.1, -0.05) is 42.0 Å². The molecule has 0 saturated heterocycles. The Morgan fingerprint density at radius 1 is 0.593 bits per heavy atom. The lowest BCUT2D eigenvalue weighted by Crippen LogP contribution is -2.07. The summed E-state index contributed by atoms with van der Waals surface area (Å²) in [5.41, 5.74) is 6.57. The molecule has 1 heterocycles. The molecule has 134 valence electrons. The SMILES string of the molecule is Cc1ccc(-c2ccc(-c3nnc(-c4ccc(N(C)C)cc4)o3)cc2)cc1. The fourth-order valence-corrected chi connectivity index (χ4v) is 2.91. The zero-order valence-electron chi connectivity index (χ0n) is 15.7. The summed E-state index contributed by atoms with van der Waals surface area (Å²) in [7, 11) is 4.03. The molecule has 0 radical (unpaired) electrons. The molecule has 0 spiro atoms. The van der Waals surface area contributed by atoms with E-state index in [1.54, 1.807) is 0 Å². The van der Waals surface area contributed by atoms with Crippen LogP contribution in [-0.4, -0.2) is 24.3 Å². The number of nitrogens with zero attached hydrogens (tertiary/aromatic N) is 3. The molecule has 4 heteroatoms. The van der Waals surface area contributed by atoms with Crippen molar-refractivity contribution in [2.24, 2.45) is 0 Å². The normalized spacial score (nSPS) is 10.8. The van der Waals surface area contributed by atoms with Crippen molar-refractivity contribution in [2.75, 3.05) is 19.0 Å². The fourth-order valence-electron chi connectivity index (χ4n) is 2.91. The minimum atomic E-state index is 0.525. The van der Waals surface area contributed by atoms with Gasteiger partial charge in [-0.05, 0) is 54.4 Å². The van der Waals surface area contributed by atoms with Gasteiger partial charge in [0.25, 0.3) is 0 Å². The van der Waals surface area contributed by atoms with Gasteiger partial charge in [0, 0.05) is 30.9 Å². The molecule has 0 unspecified atom stereocenters. The average Bonchev–Trinajstić information content (AvgIpc) is 3.19. The Morgan fingerprint density at radius 3 is 1.48 bits per heavy atom. The molecule has 27 heavy (non-hydrogen) atoms. The van der Waals surface area contributed by atoms with Crippen molar-refractivity contribution >= 4 is 5.69 Å². The van der Waals surface area contributed by atoms with Crippen LogP contribution in [0, 0.1) is 6.92 Å². The molecule has 4 aromatic rings. The predicted octanol–water partition coefficient (Wildman–Crippen LogP) is 5.45. The first-order valence-electron chi connectivity index (χ1n) is 8.89. The largest absolute Gasteiger partial charge is 0.416 e. The maximum absolute atomic E-state index is 5.88. The highest BCUT2D eigenvalue weighted by molar-refractivity contribution is 5.68. The van der Waals surface area contributed by atoms with Crippen LogP contribution in [0.15, 0.2) is 77.2 Å². The smallest absolute Gasteiger partial charge is 0.248 e. The van der Waals surface area contributed by atoms with Gasteiger partial charge in [0.15, 0.2) is 0 Å². The Balaban J connectivity index is 1.57. The molecule has 1 aromatic heterocycles. The molecule has 0 fully saturated rings. The Labute approximate surface area is 159 Å². The third kappa shape index (κ3) is 3.60. The average molecular weight is 355 g/mol. The molecule has 0 bridgehead atoms. The molecule has 0 amide bonds. The number of anilines is 1. The summed E-state index contributed by atoms with van der Waals surface area (Å²) in [6, 6.07) is 24.8. The van der Waals surface area contributed by atoms with E-state index in [4.69, 9.17) is 4.42 Å². The van der Waals surface area contributed by atoms with E-state index in [9.17, 15) is 0 Å². The molecule has 0 aliphatic carbocycles. The number of rotatable bonds is 4. The lowest BCUT2D eigenvalue weighted by Gasteiger charge is -2.11. The molecule has 0 saturated carbocycles. The van der Waals surface area contributed by atoms with E-state index in [2.05, 4.69) is 58.4 Å². The second kappa shape index (κ2) is 7.08. The lowest BCUT2D eigenvalue weighted by atomic mass is 10.0. The number of benzene rings is 3. The molecule has 3 aromatic carbocycles. The zero-order valence-corrected chi connectivity index (χ0v) is 15.7. The van der Waals surface area contributed by atoms with Crippen molar-refractivity contribution in [2.45, 2.75) is 6.92 Å². The minimum Gasteiger partial charge on any atom is -0.416 e. The Morgan fingerprint density at radius 2 is 1.00 bits per heavy atom. The molecule has 0 atom stereocenters. The van der Waals surface area contributed by atoms with Crippen LogP contribution in [0.5, 0.6) is 0 Å². The summed E-state index contributed by atoms with van der Waals surface area (Å²) in [4.78, 5) is 2.05. The van der Waals surface area contributed by atoms with Crippen molar-refractivity contribution in [1.29, 1.82) is 0 Å². The van der Waals surface area contributed by atoms with E-state index in [-0.39, 0.29) is 0 Å². The molecular formula is C23H21N3O. The monoisotopic (exact) mass is 355 g/mol. The summed E-state index contributed by atoms with van der Waals surface area (Å²) in [6.45, 7) is 2.09. The van der Waals surface area contributed by atoms with Gasteiger partial charge in [-0.25, -0.2) is 0 Å². The second-order valence-corrected chi connectivity index (χ2v) is 6.80. The van der Waals surface area contributed by atoms with Crippen LogP contribution < -0.4 is 4.90 Å². The highest BCUT2D eigenvalue weighted by atomic mass is 16.4. The van der Waals surface area contributed by atoms with Gasteiger partial charge < -0.3 is 9.32 Å². The topological polar surface area (TPSA) is 42.2 Å². The van der Waals surface area contributed by atoms with Crippen molar-refractivity contribution in [3.05, 3.63) is 78.4 Å². The third-order valence-corrected chi connectivity index (χ3v) is 4.57. The van der Waals surface area contributed by atoms with Crippen LogP contribution in [0.2, 0.25) is 0 Å². The third-order valence-electron chi connectivity index (χ3n) is 4.57. The lowest BCUT2D eigenvalue weighted by molar-refractivity contribution is 0.584. The molecule has 0 aliphatic heterocycles. The van der Waals surface area contributed by atoms with Gasteiger partial charge in [-0.3, -0.25) is 0 Å². The predicted molar refractivity (Wildman–Crippen MR) is 110 cm³/mol. The second-order valence-electron chi connectivity index (χ2n) is 6.80. The highest BCUT2D eigenvalue weighted by Crippen LogP contribution is 2.27. The van der Waals surface area contributed by atoms with Crippen LogP contribution in [0.1, 0.15) is 5.56 Å². The van der Waals surface area contributed by atoms with Crippen molar-refractivity contribution in [3.63, 3.8) is 0 Å². The van der Waals surface area contributed by atoms with Crippen molar-refractivity contribution < 1.29 is 4.42 Å². The van der Waals surface area contributed by atoms with Crippen LogP contribution in [0.25, 0.3) is 34.0 Å². The van der Waals surface area contributed by atoms with Gasteiger partial charge in [0.1, 0.15) is 0 Å². The highest BCUT2D eigenvalue weighted by Gasteiger charge is 2.11. The summed E-state index contributed by atoms with van der Waals surface area (Å²) >= 11 is 0. The maximum atomic E-state index is 5.88. The van der Waals surface area contributed by atoms with Crippen molar-refractivity contribution in [3.8, 4) is 34.0 Å². The molecular weight excluding hydrogens is 334 g/mol. The summed E-state index contributed by atoms with van der Waals surface area (Å²) < 4.78 is 5.88. The number of hydrogen-bond donors (Lipinski definition) is 0. The molecule has 4 rings (SSSR count). The number of hydrogen-bond acceptors (Lipinski definition) is 4. The Kier molecular flexibility index (Phi) is 4.47. The van der Waals surface area contributed by atoms with E-state index in [0.29, 0.717) is 11.8 Å². The van der Waals surface area contributed by atoms with E-state index in [1.807, 2.05) is 50.5 Å². The van der Waals surface area contributed by atoms with Gasteiger partial charge in [-0.2, -0.15) is 0 Å². The van der Waals surface area contributed by atoms with E-state index in [1.165, 1.54) is 11.1 Å². The van der Waals surface area contributed by atoms with E-state index >= 15 is 0 Å². The Hall–Kier alpha value is -3.40. The van der Waals surface area contributed by atoms with E-state index in [0.717, 1.165) is 22.4 Å². The summed E-state index contributed by atoms with van der Waals surface area (Å²) in [5, 5.41) is 8.40. The van der Waals surface area contributed by atoms with Gasteiger partial charge >= 0.3 is 0 Å². The fraction of sp³-hybridized carbons (Fsp3) is 0.130.